The first-order valence-corrected chi connectivity index (χ1v) is 8.35. The van der Waals surface area contributed by atoms with Gasteiger partial charge in [0.15, 0.2) is 6.10 Å². The minimum atomic E-state index is -0.932. The molecule has 0 spiro atoms. The number of amides is 1. The number of anilines is 1. The van der Waals surface area contributed by atoms with Gasteiger partial charge in [0, 0.05) is 0 Å². The molecule has 1 aliphatic rings. The number of halogens is 2. The molecule has 3 atom stereocenters. The van der Waals surface area contributed by atoms with Crippen LogP contribution in [0.4, 0.5) is 10.1 Å². The molecule has 1 fully saturated rings. The largest absolute Gasteiger partial charge is 0.452 e. The van der Waals surface area contributed by atoms with E-state index >= 15 is 0 Å². The Morgan fingerprint density at radius 2 is 1.88 bits per heavy atom. The molecule has 3 unspecified atom stereocenters. The molecule has 25 heavy (non-hydrogen) atoms. The van der Waals surface area contributed by atoms with Crippen LogP contribution in [0.25, 0.3) is 0 Å². The van der Waals surface area contributed by atoms with Gasteiger partial charge in [-0.2, -0.15) is 0 Å². The molecule has 130 valence electrons. The minimum absolute atomic E-state index is 0.0203. The molecule has 0 aliphatic heterocycles. The summed E-state index contributed by atoms with van der Waals surface area (Å²) in [7, 11) is 0. The van der Waals surface area contributed by atoms with E-state index in [4.69, 9.17) is 16.3 Å². The zero-order valence-corrected chi connectivity index (χ0v) is 14.3. The number of nitrogens with one attached hydrogen (secondary N) is 1. The summed E-state index contributed by atoms with van der Waals surface area (Å²) in [6.45, 7) is 1.51. The van der Waals surface area contributed by atoms with Gasteiger partial charge in [0.2, 0.25) is 0 Å². The summed E-state index contributed by atoms with van der Waals surface area (Å²) in [5, 5.41) is 3.04. The minimum Gasteiger partial charge on any atom is -0.452 e. The zero-order chi connectivity index (χ0) is 18.0. The van der Waals surface area contributed by atoms with Crippen molar-refractivity contribution in [3.63, 3.8) is 0 Å². The van der Waals surface area contributed by atoms with E-state index in [2.05, 4.69) is 5.32 Å². The molecule has 1 aliphatic carbocycles. The smallest absolute Gasteiger partial charge is 0.310 e. The molecule has 1 N–H and O–H groups in total. The van der Waals surface area contributed by atoms with Crippen LogP contribution >= 0.6 is 11.6 Å². The van der Waals surface area contributed by atoms with Crippen LogP contribution in [0.3, 0.4) is 0 Å². The lowest BCUT2D eigenvalue weighted by atomic mass is 10.1. The van der Waals surface area contributed by atoms with E-state index in [0.29, 0.717) is 17.1 Å². The summed E-state index contributed by atoms with van der Waals surface area (Å²) in [6, 6.07) is 12.9. The molecular formula is C19H17ClFNO3. The van der Waals surface area contributed by atoms with Crippen LogP contribution in [0, 0.1) is 11.7 Å². The highest BCUT2D eigenvalue weighted by molar-refractivity contribution is 6.33. The van der Waals surface area contributed by atoms with E-state index < -0.39 is 18.0 Å². The van der Waals surface area contributed by atoms with Gasteiger partial charge in [-0.15, -0.1) is 0 Å². The van der Waals surface area contributed by atoms with Crippen molar-refractivity contribution in [2.45, 2.75) is 25.4 Å². The Morgan fingerprint density at radius 3 is 2.56 bits per heavy atom. The number of carbonyl (C=O) groups excluding carboxylic acids is 2. The second-order valence-electron chi connectivity index (χ2n) is 6.05. The average Bonchev–Trinajstić information content (AvgIpc) is 3.38. The Bertz CT molecular complexity index is 794. The molecule has 1 saturated carbocycles. The van der Waals surface area contributed by atoms with Gasteiger partial charge in [0.25, 0.3) is 5.91 Å². The number of ether oxygens (including phenoxy) is 1. The van der Waals surface area contributed by atoms with E-state index in [-0.39, 0.29) is 17.7 Å². The predicted molar refractivity (Wildman–Crippen MR) is 92.9 cm³/mol. The summed E-state index contributed by atoms with van der Waals surface area (Å²) >= 11 is 5.99. The Balaban J connectivity index is 1.53. The third-order valence-corrected chi connectivity index (χ3v) is 4.51. The van der Waals surface area contributed by atoms with Crippen molar-refractivity contribution in [2.24, 2.45) is 5.92 Å². The highest BCUT2D eigenvalue weighted by Gasteiger charge is 2.46. The summed E-state index contributed by atoms with van der Waals surface area (Å²) < 4.78 is 18.2. The molecule has 4 nitrogen and oxygen atoms in total. The van der Waals surface area contributed by atoms with Gasteiger partial charge < -0.3 is 10.1 Å². The van der Waals surface area contributed by atoms with Crippen LogP contribution in [0.1, 0.15) is 24.8 Å². The molecule has 0 radical (unpaired) electrons. The number of carbonyl (C=O) groups is 2. The van der Waals surface area contributed by atoms with Crippen LogP contribution in [0.15, 0.2) is 48.5 Å². The topological polar surface area (TPSA) is 55.4 Å². The number of esters is 1. The standard InChI is InChI=1S/C19H17ClFNO3/c1-11(18(23)22-17-5-3-2-4-16(17)20)25-19(24)15-10-14(15)12-6-8-13(21)9-7-12/h2-9,11,14-15H,10H2,1H3,(H,22,23). The lowest BCUT2D eigenvalue weighted by Gasteiger charge is -2.14. The van der Waals surface area contributed by atoms with E-state index in [1.165, 1.54) is 19.1 Å². The second kappa shape index (κ2) is 7.23. The van der Waals surface area contributed by atoms with Crippen molar-refractivity contribution in [3.05, 3.63) is 64.9 Å². The van der Waals surface area contributed by atoms with Crippen molar-refractivity contribution in [2.75, 3.05) is 5.32 Å². The van der Waals surface area contributed by atoms with Crippen molar-refractivity contribution in [1.82, 2.24) is 0 Å². The van der Waals surface area contributed by atoms with Gasteiger partial charge in [0.05, 0.1) is 16.6 Å². The number of hydrogen-bond acceptors (Lipinski definition) is 3. The zero-order valence-electron chi connectivity index (χ0n) is 13.5. The highest BCUT2D eigenvalue weighted by Crippen LogP contribution is 2.48. The maximum Gasteiger partial charge on any atom is 0.310 e. The summed E-state index contributed by atoms with van der Waals surface area (Å²) in [4.78, 5) is 24.3. The molecule has 2 aromatic carbocycles. The van der Waals surface area contributed by atoms with Gasteiger partial charge >= 0.3 is 5.97 Å². The van der Waals surface area contributed by atoms with E-state index in [0.717, 1.165) is 5.56 Å². The van der Waals surface area contributed by atoms with Crippen LogP contribution in [0.2, 0.25) is 5.02 Å². The third kappa shape index (κ3) is 4.17. The molecule has 0 aromatic heterocycles. The first-order chi connectivity index (χ1) is 12.0. The van der Waals surface area contributed by atoms with Crippen molar-refractivity contribution in [3.8, 4) is 0 Å². The summed E-state index contributed by atoms with van der Waals surface area (Å²) in [5.41, 5.74) is 1.36. The third-order valence-electron chi connectivity index (χ3n) is 4.19. The Kier molecular flexibility index (Phi) is 5.04. The monoisotopic (exact) mass is 361 g/mol. The number of para-hydroxylation sites is 1. The fourth-order valence-electron chi connectivity index (χ4n) is 2.65. The predicted octanol–water partition coefficient (Wildman–Crippen LogP) is 4.15. The Hall–Kier alpha value is -2.40. The second-order valence-corrected chi connectivity index (χ2v) is 6.46. The average molecular weight is 362 g/mol. The van der Waals surface area contributed by atoms with Crippen molar-refractivity contribution in [1.29, 1.82) is 0 Å². The lowest BCUT2D eigenvalue weighted by molar-refractivity contribution is -0.154. The summed E-state index contributed by atoms with van der Waals surface area (Å²) in [5.74, 6) is -1.45. The molecule has 0 saturated heterocycles. The van der Waals surface area contributed by atoms with Crippen LogP contribution in [0.5, 0.6) is 0 Å². The number of benzene rings is 2. The fraction of sp³-hybridized carbons (Fsp3) is 0.263. The maximum atomic E-state index is 12.9. The molecule has 3 rings (SSSR count). The maximum absolute atomic E-state index is 12.9. The van der Waals surface area contributed by atoms with Gasteiger partial charge in [-0.3, -0.25) is 9.59 Å². The molecule has 0 bridgehead atoms. The quantitative estimate of drug-likeness (QED) is 0.814. The molecule has 0 heterocycles. The number of hydrogen-bond donors (Lipinski definition) is 1. The first-order valence-electron chi connectivity index (χ1n) is 7.97. The first kappa shape index (κ1) is 17.4. The van der Waals surface area contributed by atoms with Gasteiger partial charge in [-0.25, -0.2) is 4.39 Å². The number of rotatable bonds is 5. The molecular weight excluding hydrogens is 345 g/mol. The SMILES string of the molecule is CC(OC(=O)C1CC1c1ccc(F)cc1)C(=O)Nc1ccccc1Cl. The van der Waals surface area contributed by atoms with Gasteiger partial charge in [-0.05, 0) is 49.1 Å². The van der Waals surface area contributed by atoms with Gasteiger partial charge in [0.1, 0.15) is 5.82 Å². The van der Waals surface area contributed by atoms with E-state index in [1.807, 2.05) is 0 Å². The molecule has 6 heteroatoms. The van der Waals surface area contributed by atoms with Gasteiger partial charge in [-0.1, -0.05) is 35.9 Å². The molecule has 2 aromatic rings. The normalized spacial score (nSPS) is 19.8. The highest BCUT2D eigenvalue weighted by atomic mass is 35.5. The van der Waals surface area contributed by atoms with Crippen molar-refractivity contribution >= 4 is 29.2 Å². The van der Waals surface area contributed by atoms with E-state index in [1.54, 1.807) is 36.4 Å². The lowest BCUT2D eigenvalue weighted by Crippen LogP contribution is -2.30. The van der Waals surface area contributed by atoms with Crippen molar-refractivity contribution < 1.29 is 18.7 Å². The fourth-order valence-corrected chi connectivity index (χ4v) is 2.83. The van der Waals surface area contributed by atoms with Crippen LogP contribution in [-0.2, 0) is 14.3 Å². The van der Waals surface area contributed by atoms with Crippen LogP contribution in [-0.4, -0.2) is 18.0 Å². The van der Waals surface area contributed by atoms with E-state index in [9.17, 15) is 14.0 Å². The molecule has 1 amide bonds. The Morgan fingerprint density at radius 1 is 1.20 bits per heavy atom. The summed E-state index contributed by atoms with van der Waals surface area (Å²) in [6.07, 6.45) is -0.290. The Labute approximate surface area is 149 Å². The van der Waals surface area contributed by atoms with Crippen LogP contribution < -0.4 is 5.32 Å².